The maximum atomic E-state index is 13.8. The molecular formula is C14H14F2N2O2. The minimum Gasteiger partial charge on any atom is -0.312 e. The third-order valence-corrected chi connectivity index (χ3v) is 3.85. The van der Waals surface area contributed by atoms with E-state index >= 15 is 0 Å². The smallest absolute Gasteiger partial charge is 0.312 e. The first-order valence-corrected chi connectivity index (χ1v) is 6.69. The lowest BCUT2D eigenvalue weighted by Gasteiger charge is -2.18. The molecule has 2 heterocycles. The second-order valence-electron chi connectivity index (χ2n) is 5.11. The van der Waals surface area contributed by atoms with Crippen molar-refractivity contribution in [2.24, 2.45) is 0 Å². The van der Waals surface area contributed by atoms with Crippen molar-refractivity contribution in [3.63, 3.8) is 0 Å². The molecule has 0 bridgehead atoms. The van der Waals surface area contributed by atoms with Gasteiger partial charge in [-0.05, 0) is 25.0 Å². The highest BCUT2D eigenvalue weighted by Crippen LogP contribution is 2.31. The van der Waals surface area contributed by atoms with Crippen LogP contribution >= 0.6 is 0 Å². The van der Waals surface area contributed by atoms with E-state index in [0.717, 1.165) is 36.3 Å². The molecule has 1 atom stereocenters. The maximum absolute atomic E-state index is 13.8. The van der Waals surface area contributed by atoms with E-state index in [0.29, 0.717) is 19.0 Å². The number of anilines is 1. The van der Waals surface area contributed by atoms with Crippen LogP contribution < -0.4 is 4.90 Å². The summed E-state index contributed by atoms with van der Waals surface area (Å²) < 4.78 is 26.7. The fraction of sp³-hybridized carbons (Fsp3) is 0.429. The normalized spacial score (nSPS) is 23.0. The number of hydrogen-bond donors (Lipinski definition) is 0. The third kappa shape index (κ3) is 1.95. The molecule has 1 aromatic rings. The SMILES string of the molecule is O=C1C2CCCCCN2C(=O)N1c1ccc(F)cc1F. The summed E-state index contributed by atoms with van der Waals surface area (Å²) in [6.45, 7) is 0.508. The number of hydrogen-bond acceptors (Lipinski definition) is 2. The molecule has 2 saturated heterocycles. The molecular weight excluding hydrogens is 266 g/mol. The number of fused-ring (bicyclic) bond motifs is 1. The number of rotatable bonds is 1. The number of halogens is 2. The molecule has 3 rings (SSSR count). The van der Waals surface area contributed by atoms with Gasteiger partial charge in [0.25, 0.3) is 5.91 Å². The summed E-state index contributed by atoms with van der Waals surface area (Å²) in [5.74, 6) is -2.05. The Kier molecular flexibility index (Phi) is 3.16. The molecule has 3 amide bonds. The summed E-state index contributed by atoms with van der Waals surface area (Å²) in [7, 11) is 0. The zero-order valence-corrected chi connectivity index (χ0v) is 10.8. The number of imide groups is 1. The first-order chi connectivity index (χ1) is 9.59. The summed E-state index contributed by atoms with van der Waals surface area (Å²) in [5, 5.41) is 0. The molecule has 4 nitrogen and oxygen atoms in total. The summed E-state index contributed by atoms with van der Waals surface area (Å²) in [4.78, 5) is 27.0. The van der Waals surface area contributed by atoms with Crippen molar-refractivity contribution >= 4 is 17.6 Å². The topological polar surface area (TPSA) is 40.6 Å². The Labute approximate surface area is 115 Å². The largest absolute Gasteiger partial charge is 0.332 e. The van der Waals surface area contributed by atoms with Gasteiger partial charge in [-0.1, -0.05) is 12.8 Å². The van der Waals surface area contributed by atoms with Crippen molar-refractivity contribution in [2.45, 2.75) is 31.7 Å². The number of carbonyl (C=O) groups excluding carboxylic acids is 2. The van der Waals surface area contributed by atoms with Gasteiger partial charge in [-0.15, -0.1) is 0 Å². The molecule has 1 unspecified atom stereocenters. The van der Waals surface area contributed by atoms with E-state index in [2.05, 4.69) is 0 Å². The van der Waals surface area contributed by atoms with Crippen LogP contribution in [0.5, 0.6) is 0 Å². The molecule has 0 N–H and O–H groups in total. The molecule has 1 aromatic carbocycles. The van der Waals surface area contributed by atoms with Gasteiger partial charge in [-0.3, -0.25) is 4.79 Å². The van der Waals surface area contributed by atoms with Crippen LogP contribution in [0, 0.1) is 11.6 Å². The van der Waals surface area contributed by atoms with Gasteiger partial charge in [0.1, 0.15) is 17.7 Å². The second-order valence-corrected chi connectivity index (χ2v) is 5.11. The molecule has 0 spiro atoms. The predicted molar refractivity (Wildman–Crippen MR) is 68.2 cm³/mol. The van der Waals surface area contributed by atoms with E-state index in [1.165, 1.54) is 4.90 Å². The standard InChI is InChI=1S/C14H14F2N2O2/c15-9-5-6-11(10(16)8-9)18-13(19)12-4-2-1-3-7-17(12)14(18)20/h5-6,8,12H,1-4,7H2. The number of nitrogens with zero attached hydrogens (tertiary/aromatic N) is 2. The monoisotopic (exact) mass is 280 g/mol. The van der Waals surface area contributed by atoms with E-state index < -0.39 is 29.6 Å². The first-order valence-electron chi connectivity index (χ1n) is 6.69. The molecule has 2 fully saturated rings. The van der Waals surface area contributed by atoms with E-state index in [9.17, 15) is 18.4 Å². The molecule has 6 heteroatoms. The molecule has 106 valence electrons. The Morgan fingerprint density at radius 2 is 1.90 bits per heavy atom. The number of carbonyl (C=O) groups is 2. The Morgan fingerprint density at radius 3 is 2.65 bits per heavy atom. The average Bonchev–Trinajstić information content (AvgIpc) is 2.61. The molecule has 0 aromatic heterocycles. The highest BCUT2D eigenvalue weighted by Gasteiger charge is 2.46. The number of benzene rings is 1. The van der Waals surface area contributed by atoms with Gasteiger partial charge in [0.05, 0.1) is 5.69 Å². The lowest BCUT2D eigenvalue weighted by atomic mass is 10.1. The van der Waals surface area contributed by atoms with Crippen molar-refractivity contribution in [3.05, 3.63) is 29.8 Å². The molecule has 0 aliphatic carbocycles. The third-order valence-electron chi connectivity index (χ3n) is 3.85. The number of urea groups is 1. The zero-order chi connectivity index (χ0) is 14.3. The quantitative estimate of drug-likeness (QED) is 0.742. The van der Waals surface area contributed by atoms with Crippen LogP contribution in [0.2, 0.25) is 0 Å². The fourth-order valence-corrected chi connectivity index (χ4v) is 2.85. The van der Waals surface area contributed by atoms with Crippen molar-refractivity contribution in [2.75, 3.05) is 11.4 Å². The Balaban J connectivity index is 1.98. The van der Waals surface area contributed by atoms with E-state index in [1.54, 1.807) is 0 Å². The Morgan fingerprint density at radius 1 is 1.10 bits per heavy atom. The Bertz CT molecular complexity index is 552. The van der Waals surface area contributed by atoms with Crippen LogP contribution in [-0.4, -0.2) is 29.4 Å². The van der Waals surface area contributed by atoms with Crippen molar-refractivity contribution < 1.29 is 18.4 Å². The Hall–Kier alpha value is -1.98. The fourth-order valence-electron chi connectivity index (χ4n) is 2.85. The predicted octanol–water partition coefficient (Wildman–Crippen LogP) is 2.68. The lowest BCUT2D eigenvalue weighted by molar-refractivity contribution is -0.119. The van der Waals surface area contributed by atoms with Crippen molar-refractivity contribution in [1.82, 2.24) is 4.90 Å². The summed E-state index contributed by atoms with van der Waals surface area (Å²) in [6.07, 6.45) is 3.30. The van der Waals surface area contributed by atoms with Gasteiger partial charge in [-0.25, -0.2) is 18.5 Å². The van der Waals surface area contributed by atoms with Gasteiger partial charge in [0.2, 0.25) is 0 Å². The van der Waals surface area contributed by atoms with Crippen LogP contribution in [0.25, 0.3) is 0 Å². The molecule has 20 heavy (non-hydrogen) atoms. The van der Waals surface area contributed by atoms with Crippen LogP contribution in [0.4, 0.5) is 19.3 Å². The van der Waals surface area contributed by atoms with E-state index in [4.69, 9.17) is 0 Å². The molecule has 0 saturated carbocycles. The summed E-state index contributed by atoms with van der Waals surface area (Å²) >= 11 is 0. The van der Waals surface area contributed by atoms with Gasteiger partial charge in [0.15, 0.2) is 0 Å². The highest BCUT2D eigenvalue weighted by atomic mass is 19.1. The zero-order valence-electron chi connectivity index (χ0n) is 10.8. The van der Waals surface area contributed by atoms with Gasteiger partial charge in [-0.2, -0.15) is 0 Å². The first kappa shape index (κ1) is 13.0. The van der Waals surface area contributed by atoms with Gasteiger partial charge in [0, 0.05) is 12.6 Å². The maximum Gasteiger partial charge on any atom is 0.332 e. The molecule has 2 aliphatic heterocycles. The van der Waals surface area contributed by atoms with Gasteiger partial charge >= 0.3 is 6.03 Å². The summed E-state index contributed by atoms with van der Waals surface area (Å²) in [6, 6.07) is 1.84. The second kappa shape index (κ2) is 4.85. The molecule has 2 aliphatic rings. The van der Waals surface area contributed by atoms with Crippen molar-refractivity contribution in [3.8, 4) is 0 Å². The van der Waals surface area contributed by atoms with Crippen LogP contribution in [0.3, 0.4) is 0 Å². The van der Waals surface area contributed by atoms with E-state index in [-0.39, 0.29) is 5.69 Å². The van der Waals surface area contributed by atoms with Crippen LogP contribution in [0.15, 0.2) is 18.2 Å². The highest BCUT2D eigenvalue weighted by molar-refractivity contribution is 6.21. The minimum atomic E-state index is -0.899. The van der Waals surface area contributed by atoms with Crippen LogP contribution in [-0.2, 0) is 4.79 Å². The average molecular weight is 280 g/mol. The number of amides is 3. The van der Waals surface area contributed by atoms with E-state index in [1.807, 2.05) is 0 Å². The van der Waals surface area contributed by atoms with Crippen LogP contribution in [0.1, 0.15) is 25.7 Å². The lowest BCUT2D eigenvalue weighted by Crippen LogP contribution is -2.34. The van der Waals surface area contributed by atoms with Crippen molar-refractivity contribution in [1.29, 1.82) is 0 Å². The molecule has 0 radical (unpaired) electrons. The minimum absolute atomic E-state index is 0.172. The summed E-state index contributed by atoms with van der Waals surface area (Å²) in [5.41, 5.74) is -0.172. The van der Waals surface area contributed by atoms with Gasteiger partial charge < -0.3 is 4.90 Å².